The monoisotopic (exact) mass is 676 g/mol. The van der Waals surface area contributed by atoms with Gasteiger partial charge in [0, 0.05) is 62.6 Å². The minimum atomic E-state index is -0.513. The molecule has 1 atom stereocenters. The second-order valence-electron chi connectivity index (χ2n) is 15.8. The number of nitrogens with one attached hydrogen (secondary N) is 1. The first-order chi connectivity index (χ1) is 23.7. The Morgan fingerprint density at radius 2 is 1.80 bits per heavy atom. The third-order valence-electron chi connectivity index (χ3n) is 9.99. The Morgan fingerprint density at radius 1 is 0.980 bits per heavy atom. The van der Waals surface area contributed by atoms with Crippen molar-refractivity contribution in [3.8, 4) is 11.3 Å². The van der Waals surface area contributed by atoms with E-state index < -0.39 is 5.60 Å². The number of nitrogens with zero attached hydrogens (tertiary/aromatic N) is 7. The van der Waals surface area contributed by atoms with Gasteiger partial charge in [-0.05, 0) is 93.8 Å². The number of anilines is 3. The first-order valence-corrected chi connectivity index (χ1v) is 17.6. The quantitative estimate of drug-likeness (QED) is 0.243. The van der Waals surface area contributed by atoms with Crippen molar-refractivity contribution < 1.29 is 14.3 Å². The number of hydrogen-bond acceptors (Lipinski definition) is 8. The summed E-state index contributed by atoms with van der Waals surface area (Å²) in [6.45, 7) is 18.5. The van der Waals surface area contributed by atoms with Gasteiger partial charge in [-0.25, -0.2) is 19.7 Å². The lowest BCUT2D eigenvalue weighted by molar-refractivity contribution is 0.0218. The predicted octanol–water partition coefficient (Wildman–Crippen LogP) is 6.62. The topological polar surface area (TPSA) is 109 Å². The standard InChI is InChI=1S/C39H48N8O3/c1-25-16-27(8-9-28(25)23-44-12-15-47-32(36(44)48)17-29-19-39(6,7)20-33(29)47)31-18-35(42-24-41-31)43-34-11-10-30(21-40-34)46-14-13-45(22-26(46)2)37(49)50-38(3,4)5/h8-11,16-18,21,24,26H,12-15,19-20,22-23H2,1-7H3,(H,40,41,42,43)/t26-/m0/s1. The summed E-state index contributed by atoms with van der Waals surface area (Å²) >= 11 is 0. The van der Waals surface area contributed by atoms with Crippen LogP contribution in [-0.4, -0.2) is 79.1 Å². The number of hydrogen-bond donors (Lipinski definition) is 1. The minimum Gasteiger partial charge on any atom is -0.444 e. The molecule has 1 N–H and O–H groups in total. The summed E-state index contributed by atoms with van der Waals surface area (Å²) in [7, 11) is 0. The summed E-state index contributed by atoms with van der Waals surface area (Å²) in [5, 5.41) is 3.31. The molecule has 0 bridgehead atoms. The largest absolute Gasteiger partial charge is 0.444 e. The molecule has 1 saturated heterocycles. The maximum Gasteiger partial charge on any atom is 0.410 e. The lowest BCUT2D eigenvalue weighted by atomic mass is 9.90. The Kier molecular flexibility index (Phi) is 8.56. The van der Waals surface area contributed by atoms with Crippen molar-refractivity contribution in [1.29, 1.82) is 0 Å². The van der Waals surface area contributed by atoms with E-state index in [1.54, 1.807) is 11.2 Å². The van der Waals surface area contributed by atoms with Gasteiger partial charge in [0.05, 0.1) is 17.6 Å². The fraction of sp³-hybridized carbons (Fsp3) is 0.462. The lowest BCUT2D eigenvalue weighted by Gasteiger charge is -2.41. The van der Waals surface area contributed by atoms with Crippen molar-refractivity contribution in [2.45, 2.75) is 86.0 Å². The average Bonchev–Trinajstić information content (AvgIpc) is 3.55. The van der Waals surface area contributed by atoms with E-state index in [2.05, 4.69) is 81.7 Å². The number of pyridine rings is 1. The van der Waals surface area contributed by atoms with Gasteiger partial charge < -0.3 is 29.3 Å². The van der Waals surface area contributed by atoms with E-state index in [0.717, 1.165) is 53.2 Å². The zero-order valence-corrected chi connectivity index (χ0v) is 30.3. The van der Waals surface area contributed by atoms with Crippen LogP contribution in [0.2, 0.25) is 0 Å². The molecular weight excluding hydrogens is 628 g/mol. The van der Waals surface area contributed by atoms with Crippen molar-refractivity contribution in [1.82, 2.24) is 29.3 Å². The van der Waals surface area contributed by atoms with Gasteiger partial charge in [0.2, 0.25) is 0 Å². The Bertz CT molecular complexity index is 1930. The lowest BCUT2D eigenvalue weighted by Crippen LogP contribution is -2.54. The number of piperazine rings is 1. The molecular formula is C39H48N8O3. The van der Waals surface area contributed by atoms with Crippen molar-refractivity contribution >= 4 is 29.3 Å². The molecule has 1 aromatic carbocycles. The van der Waals surface area contributed by atoms with Gasteiger partial charge in [-0.2, -0.15) is 0 Å². The van der Waals surface area contributed by atoms with Gasteiger partial charge in [0.1, 0.15) is 29.3 Å². The molecule has 0 saturated carbocycles. The molecule has 2 amide bonds. The first-order valence-electron chi connectivity index (χ1n) is 17.6. The number of carbonyl (C=O) groups excluding carboxylic acids is 2. The molecule has 4 aromatic rings. The molecule has 2 aliphatic heterocycles. The molecule has 1 aliphatic carbocycles. The number of amides is 2. The number of aryl methyl sites for hydroxylation is 1. The maximum absolute atomic E-state index is 13.5. The van der Waals surface area contributed by atoms with Crippen LogP contribution in [0.3, 0.4) is 0 Å². The van der Waals surface area contributed by atoms with Gasteiger partial charge in [-0.1, -0.05) is 26.0 Å². The van der Waals surface area contributed by atoms with Crippen LogP contribution in [0.25, 0.3) is 11.3 Å². The number of rotatable bonds is 6. The summed E-state index contributed by atoms with van der Waals surface area (Å²) in [6.07, 6.45) is 5.21. The normalized spacial score (nSPS) is 18.6. The van der Waals surface area contributed by atoms with Gasteiger partial charge in [0.25, 0.3) is 5.91 Å². The number of fused-ring (bicyclic) bond motifs is 3. The van der Waals surface area contributed by atoms with Gasteiger partial charge in [-0.15, -0.1) is 0 Å². The summed E-state index contributed by atoms with van der Waals surface area (Å²) in [5.41, 5.74) is 8.33. The van der Waals surface area contributed by atoms with Gasteiger partial charge >= 0.3 is 6.09 Å². The highest BCUT2D eigenvalue weighted by Gasteiger charge is 2.36. The second-order valence-corrected chi connectivity index (χ2v) is 15.8. The molecule has 7 rings (SSSR count). The Morgan fingerprint density at radius 3 is 2.52 bits per heavy atom. The molecule has 3 aromatic heterocycles. The number of aromatic nitrogens is 4. The third kappa shape index (κ3) is 6.90. The predicted molar refractivity (Wildman–Crippen MR) is 195 cm³/mol. The SMILES string of the molecule is Cc1cc(-c2cc(Nc3ccc(N4CCN(C(=O)OC(C)(C)C)C[C@@H]4C)cn3)ncn2)ccc1CN1CCn2c(cc3c2CC(C)(C)C3)C1=O. The zero-order chi connectivity index (χ0) is 35.4. The molecule has 5 heterocycles. The van der Waals surface area contributed by atoms with E-state index in [9.17, 15) is 9.59 Å². The molecule has 11 nitrogen and oxygen atoms in total. The highest BCUT2D eigenvalue weighted by Crippen LogP contribution is 2.39. The van der Waals surface area contributed by atoms with Crippen molar-refractivity contribution in [2.75, 3.05) is 36.4 Å². The summed E-state index contributed by atoms with van der Waals surface area (Å²) in [6, 6.07) is 14.5. The number of carbonyl (C=O) groups is 2. The molecule has 1 fully saturated rings. The van der Waals surface area contributed by atoms with Crippen LogP contribution in [0.5, 0.6) is 0 Å². The Hall–Kier alpha value is -4.93. The van der Waals surface area contributed by atoms with Crippen LogP contribution in [0.4, 0.5) is 22.1 Å². The van der Waals surface area contributed by atoms with Crippen LogP contribution in [-0.2, 0) is 30.7 Å². The Balaban J connectivity index is 0.972. The van der Waals surface area contributed by atoms with E-state index in [0.29, 0.717) is 44.4 Å². The highest BCUT2D eigenvalue weighted by molar-refractivity contribution is 5.94. The van der Waals surface area contributed by atoms with Crippen LogP contribution in [0.1, 0.15) is 74.4 Å². The molecule has 3 aliphatic rings. The second kappa shape index (κ2) is 12.8. The van der Waals surface area contributed by atoms with Gasteiger partial charge in [0.15, 0.2) is 0 Å². The molecule has 262 valence electrons. The van der Waals surface area contributed by atoms with E-state index in [1.165, 1.54) is 11.3 Å². The molecule has 0 unspecified atom stereocenters. The number of benzene rings is 1. The average molecular weight is 677 g/mol. The highest BCUT2D eigenvalue weighted by atomic mass is 16.6. The third-order valence-corrected chi connectivity index (χ3v) is 9.99. The summed E-state index contributed by atoms with van der Waals surface area (Å²) in [4.78, 5) is 45.7. The van der Waals surface area contributed by atoms with Crippen LogP contribution in [0.15, 0.2) is 55.0 Å². The first kappa shape index (κ1) is 33.6. The molecule has 50 heavy (non-hydrogen) atoms. The van der Waals surface area contributed by atoms with E-state index >= 15 is 0 Å². The van der Waals surface area contributed by atoms with Crippen molar-refractivity contribution in [3.05, 3.63) is 83.1 Å². The van der Waals surface area contributed by atoms with Crippen molar-refractivity contribution in [2.24, 2.45) is 5.41 Å². The number of ether oxygens (including phenoxy) is 1. The fourth-order valence-corrected chi connectivity index (χ4v) is 7.52. The molecule has 11 heteroatoms. The van der Waals surface area contributed by atoms with E-state index in [1.807, 2.05) is 50.1 Å². The van der Waals surface area contributed by atoms with Crippen LogP contribution >= 0.6 is 0 Å². The molecule has 0 spiro atoms. The van der Waals surface area contributed by atoms with E-state index in [-0.39, 0.29) is 23.5 Å². The Labute approximate surface area is 294 Å². The summed E-state index contributed by atoms with van der Waals surface area (Å²) < 4.78 is 7.83. The van der Waals surface area contributed by atoms with Crippen LogP contribution < -0.4 is 10.2 Å². The molecule has 0 radical (unpaired) electrons. The zero-order valence-electron chi connectivity index (χ0n) is 30.3. The van der Waals surface area contributed by atoms with Gasteiger partial charge in [-0.3, -0.25) is 4.79 Å². The van der Waals surface area contributed by atoms with E-state index in [4.69, 9.17) is 4.74 Å². The smallest absolute Gasteiger partial charge is 0.410 e. The maximum atomic E-state index is 13.5. The van der Waals surface area contributed by atoms with Crippen molar-refractivity contribution in [3.63, 3.8) is 0 Å². The van der Waals surface area contributed by atoms with Crippen LogP contribution in [0, 0.1) is 12.3 Å². The minimum absolute atomic E-state index is 0.121. The fourth-order valence-electron chi connectivity index (χ4n) is 7.52. The summed E-state index contributed by atoms with van der Waals surface area (Å²) in [5.74, 6) is 1.44.